The number of tetrazole rings is 1. The van der Waals surface area contributed by atoms with Crippen LogP contribution in [0.25, 0.3) is 0 Å². The standard InChI is InChI=1S/C6H8N8O/c1-14-3-8-9-4(14)2-7-6(15)5-10-12-13-11-5/h3H,2H2,1H3,(H,7,15)(H,10,11,12,13). The SMILES string of the molecule is Cn1cnnc1CNC(=O)c1nn[nH]n1. The van der Waals surface area contributed by atoms with Gasteiger partial charge in [-0.2, -0.15) is 5.21 Å². The number of carbonyl (C=O) groups excluding carboxylic acids is 1. The Hall–Kier alpha value is -2.32. The first kappa shape index (κ1) is 9.24. The number of nitrogens with one attached hydrogen (secondary N) is 2. The average molecular weight is 208 g/mol. The summed E-state index contributed by atoms with van der Waals surface area (Å²) >= 11 is 0. The summed E-state index contributed by atoms with van der Waals surface area (Å²) < 4.78 is 1.70. The van der Waals surface area contributed by atoms with Crippen molar-refractivity contribution in [3.8, 4) is 0 Å². The lowest BCUT2D eigenvalue weighted by Crippen LogP contribution is -2.25. The van der Waals surface area contributed by atoms with Gasteiger partial charge >= 0.3 is 0 Å². The molecule has 0 saturated heterocycles. The average Bonchev–Trinajstić information content (AvgIpc) is 2.85. The van der Waals surface area contributed by atoms with Crippen molar-refractivity contribution in [1.29, 1.82) is 0 Å². The molecule has 9 heteroatoms. The Balaban J connectivity index is 1.95. The zero-order valence-electron chi connectivity index (χ0n) is 7.88. The first-order chi connectivity index (χ1) is 7.27. The normalized spacial score (nSPS) is 10.2. The van der Waals surface area contributed by atoms with Crippen molar-refractivity contribution >= 4 is 5.91 Å². The fourth-order valence-electron chi connectivity index (χ4n) is 0.964. The first-order valence-corrected chi connectivity index (χ1v) is 4.12. The lowest BCUT2D eigenvalue weighted by molar-refractivity contribution is 0.0939. The Bertz CT molecular complexity index is 445. The minimum Gasteiger partial charge on any atom is -0.342 e. The predicted octanol–water partition coefficient (Wildman–Crippen LogP) is -1.74. The highest BCUT2D eigenvalue weighted by Crippen LogP contribution is 1.91. The molecule has 15 heavy (non-hydrogen) atoms. The van der Waals surface area contributed by atoms with Gasteiger partial charge in [0.1, 0.15) is 6.33 Å². The smallest absolute Gasteiger partial charge is 0.293 e. The molecule has 0 radical (unpaired) electrons. The van der Waals surface area contributed by atoms with Crippen molar-refractivity contribution in [1.82, 2.24) is 40.7 Å². The zero-order chi connectivity index (χ0) is 10.7. The van der Waals surface area contributed by atoms with Crippen molar-refractivity contribution in [3.63, 3.8) is 0 Å². The number of aryl methyl sites for hydroxylation is 1. The van der Waals surface area contributed by atoms with E-state index in [0.717, 1.165) is 0 Å². The maximum Gasteiger partial charge on any atom is 0.293 e. The van der Waals surface area contributed by atoms with Gasteiger partial charge in [0.05, 0.1) is 6.54 Å². The van der Waals surface area contributed by atoms with Crippen LogP contribution in [0, 0.1) is 0 Å². The van der Waals surface area contributed by atoms with Crippen molar-refractivity contribution in [2.45, 2.75) is 6.54 Å². The van der Waals surface area contributed by atoms with Crippen LogP contribution >= 0.6 is 0 Å². The number of amides is 1. The van der Waals surface area contributed by atoms with E-state index in [1.54, 1.807) is 17.9 Å². The molecule has 0 bridgehead atoms. The Kier molecular flexibility index (Phi) is 2.35. The summed E-state index contributed by atoms with van der Waals surface area (Å²) in [4.78, 5) is 11.4. The molecule has 0 aliphatic carbocycles. The molecule has 1 amide bonds. The molecule has 0 aliphatic heterocycles. The number of H-pyrrole nitrogens is 1. The van der Waals surface area contributed by atoms with Crippen LogP contribution in [-0.2, 0) is 13.6 Å². The van der Waals surface area contributed by atoms with Crippen LogP contribution in [0.1, 0.15) is 16.4 Å². The molecule has 2 rings (SSSR count). The van der Waals surface area contributed by atoms with Gasteiger partial charge in [0.15, 0.2) is 5.82 Å². The highest BCUT2D eigenvalue weighted by Gasteiger charge is 2.10. The van der Waals surface area contributed by atoms with Crippen molar-refractivity contribution in [2.75, 3.05) is 0 Å². The topological polar surface area (TPSA) is 114 Å². The molecule has 0 fully saturated rings. The molecule has 2 aromatic heterocycles. The van der Waals surface area contributed by atoms with Crippen LogP contribution in [0.5, 0.6) is 0 Å². The van der Waals surface area contributed by atoms with Crippen LogP contribution in [0.4, 0.5) is 0 Å². The maximum atomic E-state index is 11.4. The minimum atomic E-state index is -0.410. The Morgan fingerprint density at radius 3 is 3.07 bits per heavy atom. The number of hydrogen-bond donors (Lipinski definition) is 2. The van der Waals surface area contributed by atoms with E-state index in [9.17, 15) is 4.79 Å². The van der Waals surface area contributed by atoms with Gasteiger partial charge < -0.3 is 9.88 Å². The van der Waals surface area contributed by atoms with Gasteiger partial charge in [0.25, 0.3) is 11.7 Å². The Morgan fingerprint density at radius 2 is 2.47 bits per heavy atom. The van der Waals surface area contributed by atoms with E-state index in [2.05, 4.69) is 36.1 Å². The van der Waals surface area contributed by atoms with E-state index >= 15 is 0 Å². The molecule has 2 heterocycles. The van der Waals surface area contributed by atoms with Crippen molar-refractivity contribution in [2.24, 2.45) is 7.05 Å². The number of nitrogens with zero attached hydrogens (tertiary/aromatic N) is 6. The lowest BCUT2D eigenvalue weighted by atomic mass is 10.5. The second-order valence-corrected chi connectivity index (χ2v) is 2.78. The van der Waals surface area contributed by atoms with E-state index < -0.39 is 5.91 Å². The monoisotopic (exact) mass is 208 g/mol. The van der Waals surface area contributed by atoms with Gasteiger partial charge in [-0.3, -0.25) is 4.79 Å². The summed E-state index contributed by atoms with van der Waals surface area (Å²) in [5.41, 5.74) is 0. The number of aromatic amines is 1. The third-order valence-corrected chi connectivity index (χ3v) is 1.76. The van der Waals surface area contributed by atoms with Gasteiger partial charge in [-0.15, -0.1) is 20.4 Å². The Morgan fingerprint density at radius 1 is 1.60 bits per heavy atom. The number of aromatic nitrogens is 7. The largest absolute Gasteiger partial charge is 0.342 e. The molecular formula is C6H8N8O. The molecule has 78 valence electrons. The summed E-state index contributed by atoms with van der Waals surface area (Å²) in [5, 5.41) is 22.6. The molecule has 9 nitrogen and oxygen atoms in total. The maximum absolute atomic E-state index is 11.4. The van der Waals surface area contributed by atoms with E-state index in [1.165, 1.54) is 0 Å². The quantitative estimate of drug-likeness (QED) is 0.618. The molecule has 2 N–H and O–H groups in total. The third kappa shape index (κ3) is 1.95. The number of rotatable bonds is 3. The van der Waals surface area contributed by atoms with Crippen LogP contribution < -0.4 is 5.32 Å². The van der Waals surface area contributed by atoms with Gasteiger partial charge in [0, 0.05) is 7.05 Å². The summed E-state index contributed by atoms with van der Waals surface area (Å²) in [7, 11) is 1.79. The molecular weight excluding hydrogens is 200 g/mol. The molecule has 0 aliphatic rings. The molecule has 0 spiro atoms. The molecule has 0 unspecified atom stereocenters. The van der Waals surface area contributed by atoms with Crippen LogP contribution in [0.15, 0.2) is 6.33 Å². The Labute approximate surface area is 83.9 Å². The van der Waals surface area contributed by atoms with Crippen LogP contribution in [0.3, 0.4) is 0 Å². The minimum absolute atomic E-state index is 0.00262. The molecule has 0 saturated carbocycles. The number of hydrogen-bond acceptors (Lipinski definition) is 6. The van der Waals surface area contributed by atoms with E-state index in [4.69, 9.17) is 0 Å². The molecule has 0 aromatic carbocycles. The second kappa shape index (κ2) is 3.82. The summed E-state index contributed by atoms with van der Waals surface area (Å²) in [6.45, 7) is 0.268. The summed E-state index contributed by atoms with van der Waals surface area (Å²) in [5.74, 6) is 0.232. The second-order valence-electron chi connectivity index (χ2n) is 2.78. The van der Waals surface area contributed by atoms with Crippen LogP contribution in [-0.4, -0.2) is 41.3 Å². The number of carbonyl (C=O) groups is 1. The highest BCUT2D eigenvalue weighted by atomic mass is 16.2. The fourth-order valence-corrected chi connectivity index (χ4v) is 0.964. The predicted molar refractivity (Wildman–Crippen MR) is 46.4 cm³/mol. The summed E-state index contributed by atoms with van der Waals surface area (Å²) in [6, 6.07) is 0. The summed E-state index contributed by atoms with van der Waals surface area (Å²) in [6.07, 6.45) is 1.55. The van der Waals surface area contributed by atoms with E-state index in [-0.39, 0.29) is 12.4 Å². The zero-order valence-corrected chi connectivity index (χ0v) is 7.88. The highest BCUT2D eigenvalue weighted by molar-refractivity contribution is 5.89. The fraction of sp³-hybridized carbons (Fsp3) is 0.333. The first-order valence-electron chi connectivity index (χ1n) is 4.12. The van der Waals surface area contributed by atoms with Gasteiger partial charge in [0.2, 0.25) is 0 Å². The van der Waals surface area contributed by atoms with Gasteiger partial charge in [-0.05, 0) is 5.21 Å². The van der Waals surface area contributed by atoms with E-state index in [1.807, 2.05) is 0 Å². The molecule has 2 aromatic rings. The third-order valence-electron chi connectivity index (χ3n) is 1.76. The van der Waals surface area contributed by atoms with Crippen LogP contribution in [0.2, 0.25) is 0 Å². The van der Waals surface area contributed by atoms with Gasteiger partial charge in [-0.1, -0.05) is 0 Å². The molecule has 0 atom stereocenters. The van der Waals surface area contributed by atoms with Gasteiger partial charge in [-0.25, -0.2) is 0 Å². The lowest BCUT2D eigenvalue weighted by Gasteiger charge is -2.00. The van der Waals surface area contributed by atoms with Crippen molar-refractivity contribution < 1.29 is 4.79 Å². The van der Waals surface area contributed by atoms with E-state index in [0.29, 0.717) is 5.82 Å². The van der Waals surface area contributed by atoms with Crippen molar-refractivity contribution in [3.05, 3.63) is 18.0 Å².